The number of carbonyl (C=O) groups excluding carboxylic acids is 1. The summed E-state index contributed by atoms with van der Waals surface area (Å²) >= 11 is 0. The first-order valence-corrected chi connectivity index (χ1v) is 7.53. The number of ketones is 1. The second-order valence-electron chi connectivity index (χ2n) is 5.58. The lowest BCUT2D eigenvalue weighted by molar-refractivity contribution is -0.120. The average molecular weight is 279 g/mol. The third-order valence-corrected chi connectivity index (χ3v) is 3.50. The van der Waals surface area contributed by atoms with Gasteiger partial charge in [0.05, 0.1) is 6.54 Å². The average Bonchev–Trinajstić information content (AvgIpc) is 2.40. The standard InChI is InChI=1S/C17H26FNO/c1-4-5-8-11-19(14(2)3)13-16(20)12-15-9-6-7-10-17(15)18/h6-7,9-10,14H,4-5,8,11-13H2,1-3H3. The minimum atomic E-state index is -0.289. The normalized spacial score (nSPS) is 11.3. The van der Waals surface area contributed by atoms with Gasteiger partial charge >= 0.3 is 0 Å². The van der Waals surface area contributed by atoms with Crippen molar-refractivity contribution in [2.75, 3.05) is 13.1 Å². The zero-order chi connectivity index (χ0) is 15.0. The van der Waals surface area contributed by atoms with Crippen molar-refractivity contribution < 1.29 is 9.18 Å². The van der Waals surface area contributed by atoms with E-state index in [1.807, 2.05) is 0 Å². The van der Waals surface area contributed by atoms with Gasteiger partial charge in [0.25, 0.3) is 0 Å². The maximum absolute atomic E-state index is 13.5. The Bertz CT molecular complexity index is 417. The number of nitrogens with zero attached hydrogens (tertiary/aromatic N) is 1. The summed E-state index contributed by atoms with van der Waals surface area (Å²) in [5, 5.41) is 0. The summed E-state index contributed by atoms with van der Waals surface area (Å²) in [4.78, 5) is 14.3. The molecule has 0 bridgehead atoms. The molecule has 0 aliphatic carbocycles. The van der Waals surface area contributed by atoms with Crippen LogP contribution in [0.1, 0.15) is 45.6 Å². The molecule has 2 nitrogen and oxygen atoms in total. The monoisotopic (exact) mass is 279 g/mol. The zero-order valence-corrected chi connectivity index (χ0v) is 12.9. The molecule has 0 amide bonds. The number of benzene rings is 1. The van der Waals surface area contributed by atoms with Crippen molar-refractivity contribution in [2.24, 2.45) is 0 Å². The van der Waals surface area contributed by atoms with E-state index in [0.29, 0.717) is 18.2 Å². The van der Waals surface area contributed by atoms with Gasteiger partial charge < -0.3 is 0 Å². The molecule has 0 atom stereocenters. The number of hydrogen-bond donors (Lipinski definition) is 0. The lowest BCUT2D eigenvalue weighted by atomic mass is 10.1. The second-order valence-corrected chi connectivity index (χ2v) is 5.58. The molecule has 0 N–H and O–H groups in total. The van der Waals surface area contributed by atoms with Gasteiger partial charge in [-0.3, -0.25) is 9.69 Å². The Morgan fingerprint density at radius 1 is 1.25 bits per heavy atom. The first kappa shape index (κ1) is 16.8. The summed E-state index contributed by atoms with van der Waals surface area (Å²) in [5.41, 5.74) is 0.495. The van der Waals surface area contributed by atoms with Crippen LogP contribution in [0.3, 0.4) is 0 Å². The van der Waals surface area contributed by atoms with Crippen LogP contribution < -0.4 is 0 Å². The van der Waals surface area contributed by atoms with E-state index in [0.717, 1.165) is 13.0 Å². The minimum absolute atomic E-state index is 0.0836. The van der Waals surface area contributed by atoms with Gasteiger partial charge in [-0.25, -0.2) is 4.39 Å². The molecular weight excluding hydrogens is 253 g/mol. The van der Waals surface area contributed by atoms with Crippen molar-refractivity contribution >= 4 is 5.78 Å². The summed E-state index contributed by atoms with van der Waals surface area (Å²) < 4.78 is 13.5. The molecular formula is C17H26FNO. The smallest absolute Gasteiger partial charge is 0.151 e. The van der Waals surface area contributed by atoms with E-state index in [1.54, 1.807) is 18.2 Å². The highest BCUT2D eigenvalue weighted by molar-refractivity contribution is 5.82. The molecule has 0 aliphatic heterocycles. The van der Waals surface area contributed by atoms with E-state index in [-0.39, 0.29) is 18.0 Å². The Kier molecular flexibility index (Phi) is 7.45. The van der Waals surface area contributed by atoms with Crippen LogP contribution in [0.5, 0.6) is 0 Å². The summed E-state index contributed by atoms with van der Waals surface area (Å²) in [6.07, 6.45) is 3.66. The van der Waals surface area contributed by atoms with Gasteiger partial charge in [-0.05, 0) is 38.4 Å². The summed E-state index contributed by atoms with van der Waals surface area (Å²) in [6, 6.07) is 6.85. The molecule has 0 unspecified atom stereocenters. The summed E-state index contributed by atoms with van der Waals surface area (Å²) in [7, 11) is 0. The van der Waals surface area contributed by atoms with Crippen LogP contribution in [-0.2, 0) is 11.2 Å². The van der Waals surface area contributed by atoms with Gasteiger partial charge in [0.15, 0.2) is 5.78 Å². The molecule has 112 valence electrons. The van der Waals surface area contributed by atoms with Crippen molar-refractivity contribution in [1.29, 1.82) is 0 Å². The number of rotatable bonds is 9. The fourth-order valence-electron chi connectivity index (χ4n) is 2.22. The van der Waals surface area contributed by atoms with Gasteiger partial charge in [-0.1, -0.05) is 38.0 Å². The number of carbonyl (C=O) groups is 1. The van der Waals surface area contributed by atoms with Crippen molar-refractivity contribution in [3.63, 3.8) is 0 Å². The molecule has 1 rings (SSSR count). The first-order chi connectivity index (χ1) is 9.54. The molecule has 1 aromatic rings. The largest absolute Gasteiger partial charge is 0.298 e. The van der Waals surface area contributed by atoms with E-state index in [2.05, 4.69) is 25.7 Å². The lowest BCUT2D eigenvalue weighted by Crippen LogP contribution is -2.37. The SMILES string of the molecule is CCCCCN(CC(=O)Cc1ccccc1F)C(C)C. The minimum Gasteiger partial charge on any atom is -0.298 e. The van der Waals surface area contributed by atoms with Crippen LogP contribution in [0.15, 0.2) is 24.3 Å². The fraction of sp³-hybridized carbons (Fsp3) is 0.588. The summed E-state index contributed by atoms with van der Waals surface area (Å²) in [6.45, 7) is 7.72. The molecule has 20 heavy (non-hydrogen) atoms. The van der Waals surface area contributed by atoms with Gasteiger partial charge in [0.2, 0.25) is 0 Å². The van der Waals surface area contributed by atoms with Crippen LogP contribution in [0.4, 0.5) is 4.39 Å². The maximum atomic E-state index is 13.5. The zero-order valence-electron chi connectivity index (χ0n) is 12.9. The Morgan fingerprint density at radius 2 is 1.95 bits per heavy atom. The molecule has 0 heterocycles. The van der Waals surface area contributed by atoms with Gasteiger partial charge in [-0.15, -0.1) is 0 Å². The Hall–Kier alpha value is -1.22. The lowest BCUT2D eigenvalue weighted by Gasteiger charge is -2.25. The molecule has 0 aliphatic rings. The Labute approximate surface area is 122 Å². The van der Waals surface area contributed by atoms with E-state index in [4.69, 9.17) is 0 Å². The van der Waals surface area contributed by atoms with Crippen LogP contribution in [-0.4, -0.2) is 29.8 Å². The topological polar surface area (TPSA) is 20.3 Å². The number of unbranched alkanes of at least 4 members (excludes halogenated alkanes) is 2. The van der Waals surface area contributed by atoms with Crippen LogP contribution in [0.2, 0.25) is 0 Å². The van der Waals surface area contributed by atoms with Crippen LogP contribution >= 0.6 is 0 Å². The Morgan fingerprint density at radius 3 is 2.55 bits per heavy atom. The molecule has 3 heteroatoms. The van der Waals surface area contributed by atoms with Crippen molar-refractivity contribution in [1.82, 2.24) is 4.90 Å². The maximum Gasteiger partial charge on any atom is 0.151 e. The van der Waals surface area contributed by atoms with E-state index in [1.165, 1.54) is 18.9 Å². The Balaban J connectivity index is 2.51. The van der Waals surface area contributed by atoms with Gasteiger partial charge in [0, 0.05) is 12.5 Å². The van der Waals surface area contributed by atoms with E-state index in [9.17, 15) is 9.18 Å². The van der Waals surface area contributed by atoms with Crippen molar-refractivity contribution in [3.05, 3.63) is 35.6 Å². The van der Waals surface area contributed by atoms with Crippen molar-refractivity contribution in [3.8, 4) is 0 Å². The molecule has 0 saturated heterocycles. The number of hydrogen-bond acceptors (Lipinski definition) is 2. The van der Waals surface area contributed by atoms with Gasteiger partial charge in [-0.2, -0.15) is 0 Å². The molecule has 1 aromatic carbocycles. The molecule has 0 saturated carbocycles. The molecule has 0 spiro atoms. The molecule has 0 aromatic heterocycles. The summed E-state index contributed by atoms with van der Waals surface area (Å²) in [5.74, 6) is -0.205. The third-order valence-electron chi connectivity index (χ3n) is 3.50. The highest BCUT2D eigenvalue weighted by atomic mass is 19.1. The fourth-order valence-corrected chi connectivity index (χ4v) is 2.22. The van der Waals surface area contributed by atoms with E-state index < -0.39 is 0 Å². The predicted octanol–water partition coefficient (Wildman–Crippen LogP) is 3.84. The quantitative estimate of drug-likeness (QED) is 0.640. The third kappa shape index (κ3) is 5.83. The predicted molar refractivity (Wildman–Crippen MR) is 81.3 cm³/mol. The van der Waals surface area contributed by atoms with Crippen LogP contribution in [0.25, 0.3) is 0 Å². The van der Waals surface area contributed by atoms with Gasteiger partial charge in [0.1, 0.15) is 5.82 Å². The first-order valence-electron chi connectivity index (χ1n) is 7.53. The second kappa shape index (κ2) is 8.85. The number of halogens is 1. The molecule has 0 fully saturated rings. The van der Waals surface area contributed by atoms with E-state index >= 15 is 0 Å². The highest BCUT2D eigenvalue weighted by Gasteiger charge is 2.15. The van der Waals surface area contributed by atoms with Crippen molar-refractivity contribution in [2.45, 2.75) is 52.5 Å². The van der Waals surface area contributed by atoms with Crippen LogP contribution in [0, 0.1) is 5.82 Å². The molecule has 0 radical (unpaired) electrons. The number of Topliss-reactive ketones (excluding diaryl/α,β-unsaturated/α-hetero) is 1. The highest BCUT2D eigenvalue weighted by Crippen LogP contribution is 2.09.